The minimum atomic E-state index is -0.244. The number of hydrogen-bond acceptors (Lipinski definition) is 8. The van der Waals surface area contributed by atoms with E-state index in [1.54, 1.807) is 4.90 Å². The van der Waals surface area contributed by atoms with Crippen LogP contribution in [0.5, 0.6) is 6.01 Å². The number of nitrogens with zero attached hydrogens (tertiary/aromatic N) is 7. The quantitative estimate of drug-likeness (QED) is 0.357. The minimum Gasteiger partial charge on any atom is -0.462 e. The maximum absolute atomic E-state index is 12.6. The molecule has 3 aromatic rings. The van der Waals surface area contributed by atoms with Crippen molar-refractivity contribution in [1.82, 2.24) is 19.8 Å². The second kappa shape index (κ2) is 12.8. The molecule has 0 N–H and O–H groups in total. The molecule has 0 spiro atoms. The molecule has 3 aliphatic rings. The number of benzene rings is 2. The molecule has 224 valence electrons. The van der Waals surface area contributed by atoms with Crippen LogP contribution in [0.15, 0.2) is 49.1 Å². The highest BCUT2D eigenvalue weighted by molar-refractivity contribution is 6.36. The van der Waals surface area contributed by atoms with Gasteiger partial charge in [-0.25, -0.2) is 0 Å². The molecule has 43 heavy (non-hydrogen) atoms. The topological polar surface area (TPSA) is 88.8 Å². The van der Waals surface area contributed by atoms with Crippen molar-refractivity contribution >= 4 is 39.8 Å². The van der Waals surface area contributed by atoms with Gasteiger partial charge >= 0.3 is 6.01 Å². The zero-order chi connectivity index (χ0) is 29.9. The predicted octanol–water partition coefficient (Wildman–Crippen LogP) is 4.83. The number of fused-ring (bicyclic) bond motifs is 2. The van der Waals surface area contributed by atoms with Crippen molar-refractivity contribution in [3.05, 3.63) is 65.3 Å². The number of ether oxygens (including phenoxy) is 1. The zero-order valence-corrected chi connectivity index (χ0v) is 25.5. The lowest BCUT2D eigenvalue weighted by molar-refractivity contribution is -0.128. The average Bonchev–Trinajstić information content (AvgIpc) is 3.31. The van der Waals surface area contributed by atoms with E-state index >= 15 is 0 Å². The summed E-state index contributed by atoms with van der Waals surface area (Å²) in [5, 5.41) is 12.4. The summed E-state index contributed by atoms with van der Waals surface area (Å²) in [6.07, 6.45) is 5.58. The summed E-state index contributed by atoms with van der Waals surface area (Å²) >= 11 is 6.73. The molecular weight excluding hydrogens is 562 g/mol. The Hall–Kier alpha value is -3.87. The first kappa shape index (κ1) is 29.2. The first-order valence-corrected chi connectivity index (χ1v) is 15.5. The van der Waals surface area contributed by atoms with E-state index in [-0.39, 0.29) is 18.4 Å². The summed E-state index contributed by atoms with van der Waals surface area (Å²) in [6.45, 7) is 8.35. The van der Waals surface area contributed by atoms with Crippen LogP contribution in [0.4, 0.5) is 11.5 Å². The van der Waals surface area contributed by atoms with E-state index in [9.17, 15) is 10.1 Å². The van der Waals surface area contributed by atoms with Crippen LogP contribution < -0.4 is 14.5 Å². The normalized spacial score (nSPS) is 20.9. The van der Waals surface area contributed by atoms with E-state index in [0.29, 0.717) is 44.8 Å². The smallest absolute Gasteiger partial charge is 0.318 e. The highest BCUT2D eigenvalue weighted by Crippen LogP contribution is 2.37. The van der Waals surface area contributed by atoms with Crippen LogP contribution in [0.3, 0.4) is 0 Å². The van der Waals surface area contributed by atoms with Crippen molar-refractivity contribution in [2.45, 2.75) is 50.7 Å². The standard InChI is InChI=1S/C33H38ClN7O2/c1-3-30(42)41-19-18-40(20-24(41)14-15-35)32-26-11-7-17-39(29-13-5-9-23-8-4-12-27(34)31(23)29)21-28(26)36-33(37-32)43-22-25-10-6-16-38(25)2/h3-5,8-9,12-13,24-25H,1,6-7,10-11,14,16-22H2,2H3/t24-,25-/m0/s1. The van der Waals surface area contributed by atoms with Crippen molar-refractivity contribution in [3.8, 4) is 12.1 Å². The van der Waals surface area contributed by atoms with Gasteiger partial charge in [-0.1, -0.05) is 42.4 Å². The van der Waals surface area contributed by atoms with E-state index in [1.165, 1.54) is 6.08 Å². The van der Waals surface area contributed by atoms with Crippen molar-refractivity contribution in [3.63, 3.8) is 0 Å². The van der Waals surface area contributed by atoms with Crippen LogP contribution in [-0.4, -0.2) is 84.1 Å². The van der Waals surface area contributed by atoms with Crippen LogP contribution in [0.1, 0.15) is 36.9 Å². The van der Waals surface area contributed by atoms with Crippen molar-refractivity contribution in [2.24, 2.45) is 0 Å². The van der Waals surface area contributed by atoms with Gasteiger partial charge in [-0.3, -0.25) is 4.79 Å². The SMILES string of the molecule is C=CC(=O)N1CCN(c2nc(OC[C@@H]3CCCN3C)nc3c2CCCN(c2cccc4cccc(Cl)c24)C3)C[C@@H]1CC#N. The van der Waals surface area contributed by atoms with Gasteiger partial charge in [0.2, 0.25) is 5.91 Å². The number of nitriles is 1. The van der Waals surface area contributed by atoms with Crippen LogP contribution >= 0.6 is 11.6 Å². The van der Waals surface area contributed by atoms with Gasteiger partial charge in [0.25, 0.3) is 0 Å². The van der Waals surface area contributed by atoms with Gasteiger partial charge in [0.05, 0.1) is 35.8 Å². The highest BCUT2D eigenvalue weighted by atomic mass is 35.5. The Morgan fingerprint density at radius 1 is 1.12 bits per heavy atom. The molecule has 0 bridgehead atoms. The zero-order valence-electron chi connectivity index (χ0n) is 24.7. The van der Waals surface area contributed by atoms with E-state index in [1.807, 2.05) is 12.1 Å². The number of halogens is 1. The molecule has 0 aliphatic carbocycles. The fraction of sp³-hybridized carbons (Fsp3) is 0.455. The Labute approximate surface area is 258 Å². The maximum Gasteiger partial charge on any atom is 0.318 e. The summed E-state index contributed by atoms with van der Waals surface area (Å²) in [5.74, 6) is 0.710. The fourth-order valence-corrected chi connectivity index (χ4v) is 7.03. The van der Waals surface area contributed by atoms with Gasteiger partial charge in [0.1, 0.15) is 12.4 Å². The Morgan fingerprint density at radius 2 is 1.95 bits per heavy atom. The predicted molar refractivity (Wildman–Crippen MR) is 170 cm³/mol. The molecule has 9 nitrogen and oxygen atoms in total. The monoisotopic (exact) mass is 599 g/mol. The second-order valence-corrected chi connectivity index (χ2v) is 12.1. The van der Waals surface area contributed by atoms with Crippen molar-refractivity contribution in [2.75, 3.05) is 56.2 Å². The molecule has 2 fully saturated rings. The molecule has 4 heterocycles. The molecule has 2 saturated heterocycles. The first-order valence-electron chi connectivity index (χ1n) is 15.2. The van der Waals surface area contributed by atoms with Crippen molar-refractivity contribution < 1.29 is 9.53 Å². The fourth-order valence-electron chi connectivity index (χ4n) is 6.76. The molecule has 2 atom stereocenters. The number of hydrogen-bond donors (Lipinski definition) is 0. The third-order valence-corrected chi connectivity index (χ3v) is 9.38. The highest BCUT2D eigenvalue weighted by Gasteiger charge is 2.33. The number of carbonyl (C=O) groups excluding carboxylic acids is 1. The van der Waals surface area contributed by atoms with Gasteiger partial charge < -0.3 is 24.3 Å². The lowest BCUT2D eigenvalue weighted by Gasteiger charge is -2.41. The van der Waals surface area contributed by atoms with Gasteiger partial charge in [0, 0.05) is 48.9 Å². The van der Waals surface area contributed by atoms with E-state index < -0.39 is 0 Å². The molecule has 0 radical (unpaired) electrons. The summed E-state index contributed by atoms with van der Waals surface area (Å²) in [4.78, 5) is 31.3. The lowest BCUT2D eigenvalue weighted by Crippen LogP contribution is -2.55. The third-order valence-electron chi connectivity index (χ3n) is 9.06. The van der Waals surface area contributed by atoms with Crippen LogP contribution in [0.25, 0.3) is 10.8 Å². The maximum atomic E-state index is 12.6. The van der Waals surface area contributed by atoms with Gasteiger partial charge in [-0.05, 0) is 62.9 Å². The second-order valence-electron chi connectivity index (χ2n) is 11.7. The number of likely N-dealkylation sites (tertiary alicyclic amines) is 1. The molecule has 0 saturated carbocycles. The van der Waals surface area contributed by atoms with Gasteiger partial charge in [0.15, 0.2) is 0 Å². The summed E-state index contributed by atoms with van der Waals surface area (Å²) in [6, 6.07) is 15.1. The van der Waals surface area contributed by atoms with Crippen LogP contribution in [0.2, 0.25) is 5.02 Å². The number of aromatic nitrogens is 2. The average molecular weight is 600 g/mol. The Bertz CT molecular complexity index is 1550. The van der Waals surface area contributed by atoms with E-state index in [0.717, 1.165) is 77.3 Å². The molecule has 0 unspecified atom stereocenters. The summed E-state index contributed by atoms with van der Waals surface area (Å²) < 4.78 is 6.32. The van der Waals surface area contributed by atoms with Crippen LogP contribution in [-0.2, 0) is 17.8 Å². The Balaban J connectivity index is 1.36. The van der Waals surface area contributed by atoms with E-state index in [2.05, 4.69) is 58.7 Å². The molecule has 6 rings (SSSR count). The number of piperazine rings is 1. The lowest BCUT2D eigenvalue weighted by atomic mass is 10.1. The number of amides is 1. The van der Waals surface area contributed by atoms with Gasteiger partial charge in [-0.2, -0.15) is 15.2 Å². The number of carbonyl (C=O) groups is 1. The Morgan fingerprint density at radius 3 is 2.72 bits per heavy atom. The molecule has 2 aromatic carbocycles. The summed E-state index contributed by atoms with van der Waals surface area (Å²) in [7, 11) is 2.14. The molecule has 1 aromatic heterocycles. The first-order chi connectivity index (χ1) is 21.0. The number of rotatable bonds is 7. The third kappa shape index (κ3) is 5.99. The molecular formula is C33H38ClN7O2. The Kier molecular flexibility index (Phi) is 8.68. The molecule has 1 amide bonds. The van der Waals surface area contributed by atoms with Gasteiger partial charge in [-0.15, -0.1) is 0 Å². The van der Waals surface area contributed by atoms with Crippen molar-refractivity contribution in [1.29, 1.82) is 5.26 Å². The minimum absolute atomic E-state index is 0.143. The number of likely N-dealkylation sites (N-methyl/N-ethyl adjacent to an activating group) is 1. The number of anilines is 2. The molecule has 3 aliphatic heterocycles. The largest absolute Gasteiger partial charge is 0.462 e. The summed E-state index contributed by atoms with van der Waals surface area (Å²) in [5.41, 5.74) is 3.15. The van der Waals surface area contributed by atoms with E-state index in [4.69, 9.17) is 26.3 Å². The van der Waals surface area contributed by atoms with Crippen LogP contribution in [0, 0.1) is 11.3 Å². The molecule has 10 heteroatoms.